The van der Waals surface area contributed by atoms with Gasteiger partial charge in [0.25, 0.3) is 0 Å². The molecular weight excluding hydrogens is 290 g/mol. The summed E-state index contributed by atoms with van der Waals surface area (Å²) in [7, 11) is 1.92. The molecule has 2 saturated carbocycles. The highest BCUT2D eigenvalue weighted by atomic mass is 79.9. The Morgan fingerprint density at radius 1 is 1.28 bits per heavy atom. The van der Waals surface area contributed by atoms with Crippen molar-refractivity contribution in [2.24, 2.45) is 17.8 Å². The quantitative estimate of drug-likeness (QED) is 0.837. The standard InChI is InChI=1S/C15H18BrNO/c1-17(9-10-4-2-3-5-14(10)16)15(18)13-7-11-6-12(11)8-13/h2-5,11-13H,6-9H2,1H3. The number of hydrogen-bond acceptors (Lipinski definition) is 1. The predicted molar refractivity (Wildman–Crippen MR) is 74.9 cm³/mol. The summed E-state index contributed by atoms with van der Waals surface area (Å²) < 4.78 is 1.08. The van der Waals surface area contributed by atoms with E-state index in [1.54, 1.807) is 0 Å². The SMILES string of the molecule is CN(Cc1ccccc1Br)C(=O)C1CC2CC2C1. The Morgan fingerprint density at radius 3 is 2.61 bits per heavy atom. The molecule has 2 fully saturated rings. The lowest BCUT2D eigenvalue weighted by Crippen LogP contribution is -2.32. The van der Waals surface area contributed by atoms with Crippen molar-refractivity contribution >= 4 is 21.8 Å². The summed E-state index contributed by atoms with van der Waals surface area (Å²) in [5, 5.41) is 0. The molecule has 0 spiro atoms. The van der Waals surface area contributed by atoms with Crippen LogP contribution < -0.4 is 0 Å². The minimum absolute atomic E-state index is 0.293. The molecule has 0 bridgehead atoms. The Hall–Kier alpha value is -0.830. The van der Waals surface area contributed by atoms with Crippen LogP contribution >= 0.6 is 15.9 Å². The predicted octanol–water partition coefficient (Wildman–Crippen LogP) is 3.45. The second-order valence-electron chi connectivity index (χ2n) is 5.71. The molecule has 3 rings (SSSR count). The second-order valence-corrected chi connectivity index (χ2v) is 6.56. The van der Waals surface area contributed by atoms with E-state index in [0.29, 0.717) is 18.4 Å². The molecule has 2 unspecified atom stereocenters. The third kappa shape index (κ3) is 2.33. The van der Waals surface area contributed by atoms with Gasteiger partial charge < -0.3 is 4.90 Å². The van der Waals surface area contributed by atoms with Gasteiger partial charge in [-0.25, -0.2) is 0 Å². The van der Waals surface area contributed by atoms with E-state index < -0.39 is 0 Å². The van der Waals surface area contributed by atoms with Crippen molar-refractivity contribution < 1.29 is 4.79 Å². The van der Waals surface area contributed by atoms with Gasteiger partial charge in [-0.05, 0) is 42.7 Å². The molecule has 1 aromatic carbocycles. The topological polar surface area (TPSA) is 20.3 Å². The highest BCUT2D eigenvalue weighted by molar-refractivity contribution is 9.10. The average molecular weight is 308 g/mol. The Balaban J connectivity index is 1.62. The highest BCUT2D eigenvalue weighted by Gasteiger charge is 2.48. The van der Waals surface area contributed by atoms with Gasteiger partial charge >= 0.3 is 0 Å². The third-order valence-corrected chi connectivity index (χ3v) is 5.11. The number of fused-ring (bicyclic) bond motifs is 1. The van der Waals surface area contributed by atoms with Gasteiger partial charge in [0, 0.05) is 24.0 Å². The van der Waals surface area contributed by atoms with Crippen LogP contribution in [0.2, 0.25) is 0 Å². The zero-order valence-corrected chi connectivity index (χ0v) is 12.2. The monoisotopic (exact) mass is 307 g/mol. The zero-order chi connectivity index (χ0) is 12.7. The molecule has 18 heavy (non-hydrogen) atoms. The molecule has 0 saturated heterocycles. The lowest BCUT2D eigenvalue weighted by molar-refractivity contribution is -0.134. The number of benzene rings is 1. The lowest BCUT2D eigenvalue weighted by Gasteiger charge is -2.22. The first-order valence-electron chi connectivity index (χ1n) is 6.63. The fourth-order valence-corrected chi connectivity index (χ4v) is 3.60. The number of halogens is 1. The van der Waals surface area contributed by atoms with Crippen LogP contribution in [0.25, 0.3) is 0 Å². The normalized spacial score (nSPS) is 28.9. The molecule has 2 nitrogen and oxygen atoms in total. The Bertz CT molecular complexity index is 463. The molecule has 0 aromatic heterocycles. The number of carbonyl (C=O) groups is 1. The van der Waals surface area contributed by atoms with Gasteiger partial charge in [-0.1, -0.05) is 34.1 Å². The Morgan fingerprint density at radius 2 is 1.94 bits per heavy atom. The first-order chi connectivity index (χ1) is 8.65. The van der Waals surface area contributed by atoms with Crippen LogP contribution in [0.5, 0.6) is 0 Å². The van der Waals surface area contributed by atoms with Crippen LogP contribution in [0.15, 0.2) is 28.7 Å². The van der Waals surface area contributed by atoms with Crippen molar-refractivity contribution in [2.75, 3.05) is 7.05 Å². The van der Waals surface area contributed by atoms with Gasteiger partial charge in [-0.2, -0.15) is 0 Å². The van der Waals surface area contributed by atoms with Crippen molar-refractivity contribution in [3.63, 3.8) is 0 Å². The van der Waals surface area contributed by atoms with Gasteiger partial charge in [0.2, 0.25) is 5.91 Å². The third-order valence-electron chi connectivity index (χ3n) is 4.33. The van der Waals surface area contributed by atoms with Crippen molar-refractivity contribution in [1.82, 2.24) is 4.90 Å². The summed E-state index contributed by atoms with van der Waals surface area (Å²) in [5.74, 6) is 2.37. The second kappa shape index (κ2) is 4.69. The number of hydrogen-bond donors (Lipinski definition) is 0. The van der Waals surface area contributed by atoms with Crippen molar-refractivity contribution in [3.05, 3.63) is 34.3 Å². The molecule has 2 atom stereocenters. The summed E-state index contributed by atoms with van der Waals surface area (Å²) in [6.07, 6.45) is 3.63. The smallest absolute Gasteiger partial charge is 0.225 e. The summed E-state index contributed by atoms with van der Waals surface area (Å²) in [4.78, 5) is 14.2. The van der Waals surface area contributed by atoms with Crippen molar-refractivity contribution in [2.45, 2.75) is 25.8 Å². The fourth-order valence-electron chi connectivity index (χ4n) is 3.19. The van der Waals surface area contributed by atoms with Crippen LogP contribution in [0.1, 0.15) is 24.8 Å². The van der Waals surface area contributed by atoms with E-state index in [-0.39, 0.29) is 0 Å². The maximum Gasteiger partial charge on any atom is 0.225 e. The van der Waals surface area contributed by atoms with E-state index in [9.17, 15) is 4.79 Å². The maximum atomic E-state index is 12.3. The molecule has 0 aliphatic heterocycles. The van der Waals surface area contributed by atoms with E-state index in [1.165, 1.54) is 12.0 Å². The molecule has 2 aliphatic rings. The summed E-state index contributed by atoms with van der Waals surface area (Å²) in [6.45, 7) is 0.700. The first kappa shape index (κ1) is 12.2. The number of rotatable bonds is 3. The lowest BCUT2D eigenvalue weighted by atomic mass is 10.0. The zero-order valence-electron chi connectivity index (χ0n) is 10.6. The van der Waals surface area contributed by atoms with Gasteiger partial charge in [0.15, 0.2) is 0 Å². The summed E-state index contributed by atoms with van der Waals surface area (Å²) in [6, 6.07) is 8.11. The van der Waals surface area contributed by atoms with Crippen LogP contribution in [0.3, 0.4) is 0 Å². The maximum absolute atomic E-state index is 12.3. The van der Waals surface area contributed by atoms with Gasteiger partial charge in [-0.15, -0.1) is 0 Å². The van der Waals surface area contributed by atoms with E-state index in [2.05, 4.69) is 22.0 Å². The molecule has 3 heteroatoms. The Kier molecular flexibility index (Phi) is 3.18. The van der Waals surface area contributed by atoms with Gasteiger partial charge in [-0.3, -0.25) is 4.79 Å². The number of amides is 1. The molecule has 1 aromatic rings. The first-order valence-corrected chi connectivity index (χ1v) is 7.43. The van der Waals surface area contributed by atoms with Crippen LogP contribution in [-0.4, -0.2) is 17.9 Å². The molecule has 1 amide bonds. The highest BCUT2D eigenvalue weighted by Crippen LogP contribution is 2.54. The van der Waals surface area contributed by atoms with E-state index in [1.807, 2.05) is 30.1 Å². The minimum Gasteiger partial charge on any atom is -0.341 e. The largest absolute Gasteiger partial charge is 0.341 e. The number of nitrogens with zero attached hydrogens (tertiary/aromatic N) is 1. The Labute approximate surface area is 116 Å². The minimum atomic E-state index is 0.293. The summed E-state index contributed by atoms with van der Waals surface area (Å²) in [5.41, 5.74) is 1.18. The molecule has 0 heterocycles. The average Bonchev–Trinajstić information content (AvgIpc) is 2.98. The van der Waals surface area contributed by atoms with Gasteiger partial charge in [0.05, 0.1) is 0 Å². The summed E-state index contributed by atoms with van der Waals surface area (Å²) >= 11 is 3.54. The van der Waals surface area contributed by atoms with E-state index >= 15 is 0 Å². The van der Waals surface area contributed by atoms with Gasteiger partial charge in [0.1, 0.15) is 0 Å². The number of carbonyl (C=O) groups excluding carboxylic acids is 1. The van der Waals surface area contributed by atoms with Crippen LogP contribution in [-0.2, 0) is 11.3 Å². The fraction of sp³-hybridized carbons (Fsp3) is 0.533. The van der Waals surface area contributed by atoms with E-state index in [4.69, 9.17) is 0 Å². The molecule has 0 N–H and O–H groups in total. The molecule has 0 radical (unpaired) electrons. The van der Waals surface area contributed by atoms with Crippen molar-refractivity contribution in [3.8, 4) is 0 Å². The van der Waals surface area contributed by atoms with Crippen LogP contribution in [0.4, 0.5) is 0 Å². The molecule has 96 valence electrons. The van der Waals surface area contributed by atoms with E-state index in [0.717, 1.165) is 29.2 Å². The van der Waals surface area contributed by atoms with Crippen LogP contribution in [0, 0.1) is 17.8 Å². The van der Waals surface area contributed by atoms with Crippen molar-refractivity contribution in [1.29, 1.82) is 0 Å². The molecule has 2 aliphatic carbocycles. The molecular formula is C15H18BrNO.